The molecule has 0 spiro atoms. The van der Waals surface area contributed by atoms with Crippen molar-refractivity contribution in [2.75, 3.05) is 6.54 Å². The van der Waals surface area contributed by atoms with E-state index in [1.54, 1.807) is 0 Å². The van der Waals surface area contributed by atoms with Gasteiger partial charge in [-0.25, -0.2) is 4.36 Å². The van der Waals surface area contributed by atoms with E-state index in [2.05, 4.69) is 4.36 Å². The second-order valence-corrected chi connectivity index (χ2v) is 4.02. The SMILES string of the molecule is CC(C)CN=S=C(Cl)C(F)(F)F. The van der Waals surface area contributed by atoms with Gasteiger partial charge >= 0.3 is 6.18 Å². The Morgan fingerprint density at radius 2 is 2.00 bits per heavy atom. The molecule has 0 rings (SSSR count). The third kappa shape index (κ3) is 5.60. The van der Waals surface area contributed by atoms with Gasteiger partial charge in [0, 0.05) is 0 Å². The van der Waals surface area contributed by atoms with Gasteiger partial charge < -0.3 is 0 Å². The molecule has 0 aromatic carbocycles. The van der Waals surface area contributed by atoms with Gasteiger partial charge in [-0.3, -0.25) is 0 Å². The molecule has 0 amide bonds. The molecule has 0 bridgehead atoms. The molecule has 12 heavy (non-hydrogen) atoms. The molecule has 0 aliphatic heterocycles. The first kappa shape index (κ1) is 12.0. The summed E-state index contributed by atoms with van der Waals surface area (Å²) in [4.78, 5) is 0. The van der Waals surface area contributed by atoms with E-state index >= 15 is 0 Å². The monoisotopic (exact) mass is 219 g/mol. The van der Waals surface area contributed by atoms with Crippen molar-refractivity contribution in [3.05, 3.63) is 0 Å². The van der Waals surface area contributed by atoms with Crippen LogP contribution < -0.4 is 0 Å². The smallest absolute Gasteiger partial charge is 0.229 e. The Morgan fingerprint density at radius 1 is 1.50 bits per heavy atom. The fourth-order valence-corrected chi connectivity index (χ4v) is 1.03. The largest absolute Gasteiger partial charge is 0.437 e. The average Bonchev–Trinajstić information content (AvgIpc) is 1.84. The quantitative estimate of drug-likeness (QED) is 0.500. The fraction of sp³-hybridized carbons (Fsp3) is 0.833. The van der Waals surface area contributed by atoms with Crippen molar-refractivity contribution in [1.82, 2.24) is 0 Å². The lowest BCUT2D eigenvalue weighted by atomic mass is 10.2. The van der Waals surface area contributed by atoms with Crippen LogP contribution in [0, 0.1) is 5.92 Å². The summed E-state index contributed by atoms with van der Waals surface area (Å²) in [6, 6.07) is 0. The van der Waals surface area contributed by atoms with Crippen molar-refractivity contribution >= 4 is 27.1 Å². The van der Waals surface area contributed by atoms with Gasteiger partial charge in [-0.15, -0.1) is 0 Å². The van der Waals surface area contributed by atoms with Crippen LogP contribution in [0.3, 0.4) is 0 Å². The Balaban J connectivity index is 4.26. The summed E-state index contributed by atoms with van der Waals surface area (Å²) in [6.45, 7) is 4.11. The molecule has 0 N–H and O–H groups in total. The maximum absolute atomic E-state index is 11.7. The van der Waals surface area contributed by atoms with E-state index in [0.717, 1.165) is 0 Å². The number of hydrogen-bond donors (Lipinski definition) is 0. The highest BCUT2D eigenvalue weighted by Gasteiger charge is 2.33. The number of rotatable bonds is 2. The minimum absolute atomic E-state index is 0.246. The lowest BCUT2D eigenvalue weighted by Gasteiger charge is -1.99. The van der Waals surface area contributed by atoms with Crippen molar-refractivity contribution in [3.8, 4) is 0 Å². The van der Waals surface area contributed by atoms with E-state index in [1.807, 2.05) is 13.8 Å². The zero-order valence-corrected chi connectivity index (χ0v) is 8.22. The Kier molecular flexibility index (Phi) is 4.85. The average molecular weight is 220 g/mol. The molecule has 0 atom stereocenters. The number of alkyl halides is 3. The van der Waals surface area contributed by atoms with E-state index in [9.17, 15) is 13.2 Å². The molecule has 0 aliphatic carbocycles. The molecule has 0 aliphatic rings. The highest BCUT2D eigenvalue weighted by molar-refractivity contribution is 7.72. The van der Waals surface area contributed by atoms with Gasteiger partial charge in [0.1, 0.15) is 0 Å². The van der Waals surface area contributed by atoms with Gasteiger partial charge in [-0.2, -0.15) is 13.2 Å². The van der Waals surface area contributed by atoms with Gasteiger partial charge in [-0.1, -0.05) is 25.4 Å². The number of hydrogen-bond acceptors (Lipinski definition) is 1. The third-order valence-corrected chi connectivity index (χ3v) is 1.90. The molecule has 0 radical (unpaired) electrons. The summed E-state index contributed by atoms with van der Waals surface area (Å²) in [5.74, 6) is 0.246. The van der Waals surface area contributed by atoms with Gasteiger partial charge in [-0.05, 0) is 17.1 Å². The first-order chi connectivity index (χ1) is 5.34. The molecule has 0 fully saturated rings. The van der Waals surface area contributed by atoms with Crippen LogP contribution in [0.15, 0.2) is 4.36 Å². The molecule has 72 valence electrons. The molecule has 0 aromatic rings. The van der Waals surface area contributed by atoms with Crippen molar-refractivity contribution in [3.63, 3.8) is 0 Å². The highest BCUT2D eigenvalue weighted by Crippen LogP contribution is 2.18. The summed E-state index contributed by atoms with van der Waals surface area (Å²) in [6.07, 6.45) is -4.45. The van der Waals surface area contributed by atoms with E-state index in [1.165, 1.54) is 0 Å². The van der Waals surface area contributed by atoms with Gasteiger partial charge in [0.25, 0.3) is 0 Å². The molecular weight excluding hydrogens is 211 g/mol. The lowest BCUT2D eigenvalue weighted by Crippen LogP contribution is -2.16. The zero-order chi connectivity index (χ0) is 9.78. The summed E-state index contributed by atoms with van der Waals surface area (Å²) >= 11 is 5.20. The molecule has 0 heterocycles. The van der Waals surface area contributed by atoms with Crippen LogP contribution in [0.2, 0.25) is 0 Å². The lowest BCUT2D eigenvalue weighted by molar-refractivity contribution is -0.0536. The second-order valence-electron chi connectivity index (χ2n) is 2.57. The molecular formula is C6H9ClF3NS. The van der Waals surface area contributed by atoms with Crippen molar-refractivity contribution in [1.29, 1.82) is 0 Å². The van der Waals surface area contributed by atoms with Crippen LogP contribution >= 0.6 is 11.6 Å². The molecule has 0 unspecified atom stereocenters. The molecule has 6 heteroatoms. The van der Waals surface area contributed by atoms with E-state index < -0.39 is 10.5 Å². The third-order valence-electron chi connectivity index (χ3n) is 0.807. The summed E-state index contributed by atoms with van der Waals surface area (Å²) in [7, 11) is 0. The summed E-state index contributed by atoms with van der Waals surface area (Å²) in [5.41, 5.74) is 0. The normalized spacial score (nSPS) is 11.6. The topological polar surface area (TPSA) is 12.4 Å². The van der Waals surface area contributed by atoms with Crippen LogP contribution in [0.5, 0.6) is 0 Å². The second kappa shape index (κ2) is 4.87. The zero-order valence-electron chi connectivity index (χ0n) is 6.65. The number of nitrogens with zero attached hydrogens (tertiary/aromatic N) is 1. The van der Waals surface area contributed by atoms with Crippen molar-refractivity contribution in [2.24, 2.45) is 10.3 Å². The first-order valence-electron chi connectivity index (χ1n) is 3.27. The van der Waals surface area contributed by atoms with E-state index in [4.69, 9.17) is 11.6 Å². The minimum Gasteiger partial charge on any atom is -0.229 e. The summed E-state index contributed by atoms with van der Waals surface area (Å²) in [5, 5.41) is 0. The molecule has 0 saturated heterocycles. The van der Waals surface area contributed by atoms with Gasteiger partial charge in [0.05, 0.1) is 6.54 Å². The van der Waals surface area contributed by atoms with Gasteiger partial charge in [0.15, 0.2) is 4.32 Å². The maximum atomic E-state index is 11.7. The predicted molar refractivity (Wildman–Crippen MR) is 46.4 cm³/mol. The highest BCUT2D eigenvalue weighted by atomic mass is 35.5. The predicted octanol–water partition coefficient (Wildman–Crippen LogP) is 2.84. The number of halogens is 4. The minimum atomic E-state index is -4.45. The molecule has 0 aromatic heterocycles. The van der Waals surface area contributed by atoms with Crippen molar-refractivity contribution < 1.29 is 13.2 Å². The first-order valence-corrected chi connectivity index (χ1v) is 4.42. The van der Waals surface area contributed by atoms with Crippen LogP contribution in [-0.4, -0.2) is 17.0 Å². The van der Waals surface area contributed by atoms with Crippen LogP contribution in [0.25, 0.3) is 0 Å². The standard InChI is InChI=1S/C6H9ClF3NS/c1-4(2)3-11-12-5(7)6(8,9)10/h4H,3H2,1-2H3. The Morgan fingerprint density at radius 3 is 2.33 bits per heavy atom. The maximum Gasteiger partial charge on any atom is 0.437 e. The van der Waals surface area contributed by atoms with Crippen LogP contribution in [-0.2, 0) is 11.1 Å². The van der Waals surface area contributed by atoms with E-state index in [-0.39, 0.29) is 5.92 Å². The Labute approximate surface area is 77.6 Å². The Bertz CT molecular complexity index is 205. The fourth-order valence-electron chi connectivity index (χ4n) is 0.295. The van der Waals surface area contributed by atoms with Crippen LogP contribution in [0.1, 0.15) is 13.8 Å². The Hall–Kier alpha value is -0.0300. The van der Waals surface area contributed by atoms with Crippen LogP contribution in [0.4, 0.5) is 13.2 Å². The summed E-state index contributed by atoms with van der Waals surface area (Å²) < 4.78 is 37.6. The molecule has 0 saturated carbocycles. The van der Waals surface area contributed by atoms with Gasteiger partial charge in [0.2, 0.25) is 0 Å². The van der Waals surface area contributed by atoms with E-state index in [0.29, 0.717) is 17.7 Å². The van der Waals surface area contributed by atoms with Crippen molar-refractivity contribution in [2.45, 2.75) is 20.0 Å². The molecule has 1 nitrogen and oxygen atoms in total.